The van der Waals surface area contributed by atoms with Crippen LogP contribution in [-0.2, 0) is 24.6 Å². The van der Waals surface area contributed by atoms with Crippen molar-refractivity contribution in [2.24, 2.45) is 7.05 Å². The van der Waals surface area contributed by atoms with Crippen molar-refractivity contribution in [1.29, 1.82) is 0 Å². The summed E-state index contributed by atoms with van der Waals surface area (Å²) in [6, 6.07) is 10.4. The summed E-state index contributed by atoms with van der Waals surface area (Å²) in [7, 11) is 1.96. The van der Waals surface area contributed by atoms with Crippen molar-refractivity contribution in [2.45, 2.75) is 31.7 Å². The van der Waals surface area contributed by atoms with E-state index in [0.717, 1.165) is 53.1 Å². The Morgan fingerprint density at radius 2 is 2.00 bits per heavy atom. The number of hydrogen-bond donors (Lipinski definition) is 1. The lowest BCUT2D eigenvalue weighted by Crippen LogP contribution is -2.39. The number of fused-ring (bicyclic) bond motifs is 1. The highest BCUT2D eigenvalue weighted by Crippen LogP contribution is 2.31. The molecule has 2 aliphatic rings. The van der Waals surface area contributed by atoms with Crippen LogP contribution in [0.2, 0.25) is 0 Å². The standard InChI is InChI=1S/C24H26N4O3/c1-28-14-22(25-15-28)17-4-2-16(3-5-17)12-18-13-21(27-20-8-11-31-23(18)20)24(29)26-19-6-9-30-10-7-19/h2-5,13-15,19H,6-12H2,1H3,(H,26,29). The van der Waals surface area contributed by atoms with Crippen LogP contribution in [0.3, 0.4) is 0 Å². The molecule has 31 heavy (non-hydrogen) atoms. The SMILES string of the molecule is Cn1cnc(-c2ccc(Cc3cc(C(=O)NC4CCOCC4)nc4c3OCC4)cc2)c1. The van der Waals surface area contributed by atoms with Crippen molar-refractivity contribution in [3.63, 3.8) is 0 Å². The first kappa shape index (κ1) is 19.8. The quantitative estimate of drug-likeness (QED) is 0.689. The largest absolute Gasteiger partial charge is 0.491 e. The lowest BCUT2D eigenvalue weighted by molar-refractivity contribution is 0.0694. The fourth-order valence-electron chi connectivity index (χ4n) is 4.16. The Balaban J connectivity index is 1.36. The van der Waals surface area contributed by atoms with E-state index in [4.69, 9.17) is 9.47 Å². The molecule has 5 rings (SSSR count). The number of hydrogen-bond acceptors (Lipinski definition) is 5. The molecule has 0 saturated carbocycles. The minimum atomic E-state index is -0.117. The number of nitrogens with one attached hydrogen (secondary N) is 1. The zero-order valence-electron chi connectivity index (χ0n) is 17.6. The van der Waals surface area contributed by atoms with Gasteiger partial charge in [0.1, 0.15) is 11.4 Å². The normalized spacial score (nSPS) is 16.0. The lowest BCUT2D eigenvalue weighted by Gasteiger charge is -2.23. The molecule has 0 spiro atoms. The van der Waals surface area contributed by atoms with Crippen molar-refractivity contribution in [3.05, 3.63) is 65.4 Å². The number of carbonyl (C=O) groups excluding carboxylic acids is 1. The van der Waals surface area contributed by atoms with Gasteiger partial charge in [0.15, 0.2) is 0 Å². The summed E-state index contributed by atoms with van der Waals surface area (Å²) in [5.74, 6) is 0.713. The minimum Gasteiger partial charge on any atom is -0.491 e. The van der Waals surface area contributed by atoms with Gasteiger partial charge >= 0.3 is 0 Å². The predicted octanol–water partition coefficient (Wildman–Crippen LogP) is 2.92. The molecule has 7 heteroatoms. The van der Waals surface area contributed by atoms with Gasteiger partial charge in [-0.15, -0.1) is 0 Å². The molecule has 160 valence electrons. The second-order valence-electron chi connectivity index (χ2n) is 8.20. The van der Waals surface area contributed by atoms with Crippen LogP contribution in [0.5, 0.6) is 5.75 Å². The van der Waals surface area contributed by atoms with Crippen molar-refractivity contribution < 1.29 is 14.3 Å². The number of rotatable bonds is 5. The molecule has 0 aliphatic carbocycles. The summed E-state index contributed by atoms with van der Waals surface area (Å²) in [6.45, 7) is 1.99. The molecule has 2 aromatic heterocycles. The molecule has 4 heterocycles. The van der Waals surface area contributed by atoms with Crippen molar-refractivity contribution in [1.82, 2.24) is 19.9 Å². The Hall–Kier alpha value is -3.19. The Kier molecular flexibility index (Phi) is 5.42. The highest BCUT2D eigenvalue weighted by molar-refractivity contribution is 5.93. The summed E-state index contributed by atoms with van der Waals surface area (Å²) in [5, 5.41) is 3.11. The van der Waals surface area contributed by atoms with Gasteiger partial charge in [0.05, 0.1) is 24.3 Å². The van der Waals surface area contributed by atoms with E-state index in [1.54, 1.807) is 6.33 Å². The van der Waals surface area contributed by atoms with Crippen molar-refractivity contribution in [3.8, 4) is 17.0 Å². The minimum absolute atomic E-state index is 0.117. The van der Waals surface area contributed by atoms with E-state index in [2.05, 4.69) is 39.6 Å². The first-order valence-corrected chi connectivity index (χ1v) is 10.8. The van der Waals surface area contributed by atoms with Gasteiger partial charge in [-0.05, 0) is 24.5 Å². The molecule has 1 fully saturated rings. The first-order chi connectivity index (χ1) is 15.2. The van der Waals surface area contributed by atoms with Gasteiger partial charge in [-0.3, -0.25) is 4.79 Å². The van der Waals surface area contributed by atoms with Crippen LogP contribution in [0.15, 0.2) is 42.9 Å². The Bertz CT molecular complexity index is 1080. The van der Waals surface area contributed by atoms with Crippen LogP contribution in [0.25, 0.3) is 11.3 Å². The molecule has 1 aromatic carbocycles. The van der Waals surface area contributed by atoms with Gasteiger partial charge in [0.2, 0.25) is 0 Å². The van der Waals surface area contributed by atoms with Crippen LogP contribution in [0.1, 0.15) is 40.2 Å². The van der Waals surface area contributed by atoms with Crippen LogP contribution in [0.4, 0.5) is 0 Å². The molecular formula is C24H26N4O3. The van der Waals surface area contributed by atoms with Crippen molar-refractivity contribution >= 4 is 5.91 Å². The number of carbonyl (C=O) groups is 1. The number of benzene rings is 1. The molecule has 7 nitrogen and oxygen atoms in total. The third kappa shape index (κ3) is 4.32. The molecule has 1 N–H and O–H groups in total. The molecular weight excluding hydrogens is 392 g/mol. The van der Waals surface area contributed by atoms with E-state index in [1.807, 2.05) is 23.9 Å². The van der Waals surface area contributed by atoms with E-state index in [0.29, 0.717) is 31.9 Å². The fraction of sp³-hybridized carbons (Fsp3) is 0.375. The Morgan fingerprint density at radius 3 is 2.74 bits per heavy atom. The highest BCUT2D eigenvalue weighted by atomic mass is 16.5. The maximum absolute atomic E-state index is 12.9. The topological polar surface area (TPSA) is 78.3 Å². The molecule has 0 atom stereocenters. The van der Waals surface area contributed by atoms with E-state index in [9.17, 15) is 4.79 Å². The van der Waals surface area contributed by atoms with Gasteiger partial charge in [-0.2, -0.15) is 0 Å². The van der Waals surface area contributed by atoms with Crippen molar-refractivity contribution in [2.75, 3.05) is 19.8 Å². The zero-order valence-corrected chi connectivity index (χ0v) is 17.6. The first-order valence-electron chi connectivity index (χ1n) is 10.8. The summed E-state index contributed by atoms with van der Waals surface area (Å²) in [5.41, 5.74) is 5.53. The maximum Gasteiger partial charge on any atom is 0.270 e. The number of pyridine rings is 1. The number of nitrogens with zero attached hydrogens (tertiary/aromatic N) is 3. The Morgan fingerprint density at radius 1 is 1.19 bits per heavy atom. The summed E-state index contributed by atoms with van der Waals surface area (Å²) in [6.07, 6.45) is 6.91. The third-order valence-corrected chi connectivity index (χ3v) is 5.84. The van der Waals surface area contributed by atoms with E-state index >= 15 is 0 Å². The molecule has 3 aromatic rings. The van der Waals surface area contributed by atoms with Crippen LogP contribution in [-0.4, -0.2) is 46.3 Å². The fourth-order valence-corrected chi connectivity index (χ4v) is 4.16. The number of amides is 1. The highest BCUT2D eigenvalue weighted by Gasteiger charge is 2.24. The lowest BCUT2D eigenvalue weighted by atomic mass is 10.0. The molecule has 0 unspecified atom stereocenters. The van der Waals surface area contributed by atoms with Crippen LogP contribution >= 0.6 is 0 Å². The number of aromatic nitrogens is 3. The van der Waals surface area contributed by atoms with Crippen LogP contribution < -0.4 is 10.1 Å². The van der Waals surface area contributed by atoms with E-state index in [1.165, 1.54) is 0 Å². The summed E-state index contributed by atoms with van der Waals surface area (Å²) in [4.78, 5) is 21.9. The monoisotopic (exact) mass is 418 g/mol. The van der Waals surface area contributed by atoms with Gasteiger partial charge < -0.3 is 19.4 Å². The van der Waals surface area contributed by atoms with E-state index in [-0.39, 0.29) is 11.9 Å². The molecule has 1 saturated heterocycles. The van der Waals surface area contributed by atoms with Gasteiger partial charge in [0, 0.05) is 56.5 Å². The smallest absolute Gasteiger partial charge is 0.270 e. The van der Waals surface area contributed by atoms with Gasteiger partial charge in [-0.1, -0.05) is 24.3 Å². The zero-order chi connectivity index (χ0) is 21.2. The number of aryl methyl sites for hydroxylation is 1. The third-order valence-electron chi connectivity index (χ3n) is 5.84. The van der Waals surface area contributed by atoms with Gasteiger partial charge in [-0.25, -0.2) is 9.97 Å². The predicted molar refractivity (Wildman–Crippen MR) is 116 cm³/mol. The number of ether oxygens (including phenoxy) is 2. The number of imidazole rings is 1. The average Bonchev–Trinajstić information content (AvgIpc) is 3.44. The molecule has 1 amide bonds. The summed E-state index contributed by atoms with van der Waals surface area (Å²) < 4.78 is 13.2. The molecule has 0 radical (unpaired) electrons. The second-order valence-corrected chi connectivity index (χ2v) is 8.20. The molecule has 0 bridgehead atoms. The van der Waals surface area contributed by atoms with Gasteiger partial charge in [0.25, 0.3) is 5.91 Å². The second kappa shape index (κ2) is 8.51. The molecule has 2 aliphatic heterocycles. The Labute approximate surface area is 181 Å². The van der Waals surface area contributed by atoms with E-state index < -0.39 is 0 Å². The average molecular weight is 418 g/mol. The van der Waals surface area contributed by atoms with Crippen LogP contribution in [0, 0.1) is 0 Å². The maximum atomic E-state index is 12.9. The summed E-state index contributed by atoms with van der Waals surface area (Å²) >= 11 is 0.